The third-order valence-corrected chi connectivity index (χ3v) is 5.64. The number of H-pyrrole nitrogens is 1. The first-order valence-electron chi connectivity index (χ1n) is 9.75. The normalized spacial score (nSPS) is 11.5. The highest BCUT2D eigenvalue weighted by Crippen LogP contribution is 2.22. The number of pyridine rings is 1. The summed E-state index contributed by atoms with van der Waals surface area (Å²) in [5.74, 6) is -0.307. The van der Waals surface area contributed by atoms with Crippen molar-refractivity contribution in [2.24, 2.45) is 5.73 Å². The Labute approximate surface area is 200 Å². The molecule has 32 heavy (non-hydrogen) atoms. The molecule has 0 aliphatic carbocycles. The molecule has 4 rings (SSSR count). The predicted molar refractivity (Wildman–Crippen MR) is 134 cm³/mol. The number of aromatic nitrogens is 3. The summed E-state index contributed by atoms with van der Waals surface area (Å²) in [5.41, 5.74) is 9.17. The van der Waals surface area contributed by atoms with Gasteiger partial charge in [0.15, 0.2) is 0 Å². The second-order valence-corrected chi connectivity index (χ2v) is 8.37. The molecule has 0 bridgehead atoms. The van der Waals surface area contributed by atoms with Crippen LogP contribution in [0.25, 0.3) is 22.4 Å². The number of carbonyl (C=O) groups is 2. The van der Waals surface area contributed by atoms with Crippen molar-refractivity contribution in [1.82, 2.24) is 20.3 Å². The summed E-state index contributed by atoms with van der Waals surface area (Å²) >= 11 is 2.24. The SMILES string of the molecule is C.NC(=O)[C@H](CCc1cccc(I)c1)NC(=O)c1cccc2[nH]c(-c3ccncc3)nc12. The van der Waals surface area contributed by atoms with E-state index in [1.165, 1.54) is 0 Å². The summed E-state index contributed by atoms with van der Waals surface area (Å²) in [6.07, 6.45) is 4.41. The van der Waals surface area contributed by atoms with E-state index in [4.69, 9.17) is 5.73 Å². The Balaban J connectivity index is 0.00000289. The number of rotatable bonds is 7. The summed E-state index contributed by atoms with van der Waals surface area (Å²) in [7, 11) is 0. The quantitative estimate of drug-likeness (QED) is 0.306. The van der Waals surface area contributed by atoms with Crippen molar-refractivity contribution in [3.8, 4) is 11.4 Å². The van der Waals surface area contributed by atoms with Gasteiger partial charge in [0, 0.05) is 21.5 Å². The summed E-state index contributed by atoms with van der Waals surface area (Å²) in [6, 6.07) is 16.2. The molecule has 2 heterocycles. The average Bonchev–Trinajstić information content (AvgIpc) is 3.21. The number of benzene rings is 2. The van der Waals surface area contributed by atoms with Crippen molar-refractivity contribution < 1.29 is 9.59 Å². The number of aryl methyl sites for hydroxylation is 1. The summed E-state index contributed by atoms with van der Waals surface area (Å²) in [4.78, 5) is 36.8. The Kier molecular flexibility index (Phi) is 7.57. The van der Waals surface area contributed by atoms with Crippen molar-refractivity contribution in [2.75, 3.05) is 0 Å². The highest BCUT2D eigenvalue weighted by Gasteiger charge is 2.21. The Morgan fingerprint density at radius 1 is 1.09 bits per heavy atom. The lowest BCUT2D eigenvalue weighted by molar-refractivity contribution is -0.120. The molecule has 4 aromatic rings. The van der Waals surface area contributed by atoms with Crippen molar-refractivity contribution in [3.05, 3.63) is 81.7 Å². The molecule has 0 aliphatic rings. The number of hydrogen-bond acceptors (Lipinski definition) is 4. The summed E-state index contributed by atoms with van der Waals surface area (Å²) in [6.45, 7) is 0. The molecule has 2 aromatic carbocycles. The molecule has 8 heteroatoms. The highest BCUT2D eigenvalue weighted by molar-refractivity contribution is 14.1. The molecule has 0 radical (unpaired) electrons. The zero-order valence-electron chi connectivity index (χ0n) is 16.5. The minimum Gasteiger partial charge on any atom is -0.368 e. The maximum Gasteiger partial charge on any atom is 0.254 e. The van der Waals surface area contributed by atoms with E-state index < -0.39 is 11.9 Å². The molecule has 1 atom stereocenters. The molecule has 0 spiro atoms. The second kappa shape index (κ2) is 10.4. The van der Waals surface area contributed by atoms with Gasteiger partial charge in [0.1, 0.15) is 17.4 Å². The van der Waals surface area contributed by atoms with Gasteiger partial charge in [-0.05, 0) is 77.4 Å². The fraction of sp³-hybridized carbons (Fsp3) is 0.167. The van der Waals surface area contributed by atoms with E-state index in [-0.39, 0.29) is 13.3 Å². The lowest BCUT2D eigenvalue weighted by atomic mass is 10.0. The standard InChI is InChI=1S/C23H20IN5O2.CH4/c24-16-4-1-3-14(13-16)7-8-19(21(25)30)28-23(31)17-5-2-6-18-20(17)29-22(27-18)15-9-11-26-12-10-15;/h1-6,9-13,19H,7-8H2,(H2,25,30)(H,27,29)(H,28,31);1H4/t19-;/m0./s1. The molecular formula is C24H24IN5O2. The van der Waals surface area contributed by atoms with E-state index in [0.717, 1.165) is 20.2 Å². The molecule has 7 nitrogen and oxygen atoms in total. The number of hydrogen-bond donors (Lipinski definition) is 3. The number of primary amides is 1. The number of fused-ring (bicyclic) bond motifs is 1. The third-order valence-electron chi connectivity index (χ3n) is 4.97. The fourth-order valence-electron chi connectivity index (χ4n) is 3.39. The van der Waals surface area contributed by atoms with E-state index in [2.05, 4.69) is 42.9 Å². The van der Waals surface area contributed by atoms with Crippen LogP contribution in [0.15, 0.2) is 67.0 Å². The lowest BCUT2D eigenvalue weighted by Gasteiger charge is -2.16. The van der Waals surface area contributed by atoms with Crippen LogP contribution in [-0.4, -0.2) is 32.8 Å². The molecule has 2 aromatic heterocycles. The zero-order valence-corrected chi connectivity index (χ0v) is 18.7. The topological polar surface area (TPSA) is 114 Å². The Morgan fingerprint density at radius 3 is 2.56 bits per heavy atom. The molecule has 0 unspecified atom stereocenters. The smallest absolute Gasteiger partial charge is 0.254 e. The number of carbonyl (C=O) groups excluding carboxylic acids is 2. The first-order valence-corrected chi connectivity index (χ1v) is 10.8. The number of nitrogens with one attached hydrogen (secondary N) is 2. The minimum absolute atomic E-state index is 0. The van der Waals surface area contributed by atoms with E-state index in [9.17, 15) is 9.59 Å². The van der Waals surface area contributed by atoms with E-state index in [1.54, 1.807) is 24.5 Å². The number of nitrogens with zero attached hydrogens (tertiary/aromatic N) is 2. The van der Waals surface area contributed by atoms with Crippen LogP contribution in [0.1, 0.15) is 29.8 Å². The number of imidazole rings is 1. The van der Waals surface area contributed by atoms with Gasteiger partial charge < -0.3 is 16.0 Å². The average molecular weight is 541 g/mol. The Morgan fingerprint density at radius 2 is 1.84 bits per heavy atom. The number of amides is 2. The van der Waals surface area contributed by atoms with Gasteiger partial charge in [0.2, 0.25) is 5.91 Å². The first-order chi connectivity index (χ1) is 15.0. The number of halogens is 1. The van der Waals surface area contributed by atoms with Crippen LogP contribution in [0.5, 0.6) is 0 Å². The van der Waals surface area contributed by atoms with Crippen molar-refractivity contribution in [1.29, 1.82) is 0 Å². The maximum absolute atomic E-state index is 13.0. The maximum atomic E-state index is 13.0. The van der Waals surface area contributed by atoms with Crippen LogP contribution in [0.2, 0.25) is 0 Å². The van der Waals surface area contributed by atoms with Gasteiger partial charge in [-0.2, -0.15) is 0 Å². The van der Waals surface area contributed by atoms with Gasteiger partial charge >= 0.3 is 0 Å². The number of aromatic amines is 1. The van der Waals surface area contributed by atoms with E-state index in [0.29, 0.717) is 29.7 Å². The lowest BCUT2D eigenvalue weighted by Crippen LogP contribution is -2.44. The molecule has 0 saturated carbocycles. The third kappa shape index (κ3) is 5.31. The molecule has 0 saturated heterocycles. The van der Waals surface area contributed by atoms with Gasteiger partial charge in [-0.1, -0.05) is 25.6 Å². The zero-order chi connectivity index (χ0) is 21.8. The fourth-order valence-corrected chi connectivity index (χ4v) is 3.99. The van der Waals surface area contributed by atoms with Crippen molar-refractivity contribution in [3.63, 3.8) is 0 Å². The first kappa shape index (κ1) is 23.4. The minimum atomic E-state index is -0.778. The van der Waals surface area contributed by atoms with E-state index in [1.807, 2.05) is 42.5 Å². The monoisotopic (exact) mass is 541 g/mol. The molecule has 0 aliphatic heterocycles. The molecule has 164 valence electrons. The van der Waals surface area contributed by atoms with Crippen LogP contribution in [0, 0.1) is 3.57 Å². The molecular weight excluding hydrogens is 517 g/mol. The summed E-state index contributed by atoms with van der Waals surface area (Å²) < 4.78 is 1.12. The van der Waals surface area contributed by atoms with Gasteiger partial charge in [-0.25, -0.2) is 4.98 Å². The molecule has 4 N–H and O–H groups in total. The number of para-hydroxylation sites is 1. The Bertz CT molecular complexity index is 1240. The van der Waals surface area contributed by atoms with Gasteiger partial charge in [-0.15, -0.1) is 0 Å². The molecule has 2 amide bonds. The van der Waals surface area contributed by atoms with Crippen molar-refractivity contribution in [2.45, 2.75) is 26.3 Å². The largest absolute Gasteiger partial charge is 0.368 e. The van der Waals surface area contributed by atoms with Crippen LogP contribution in [-0.2, 0) is 11.2 Å². The van der Waals surface area contributed by atoms with Crippen LogP contribution >= 0.6 is 22.6 Å². The van der Waals surface area contributed by atoms with Gasteiger partial charge in [0.25, 0.3) is 5.91 Å². The molecule has 0 fully saturated rings. The van der Waals surface area contributed by atoms with Gasteiger partial charge in [0.05, 0.1) is 11.1 Å². The van der Waals surface area contributed by atoms with Crippen LogP contribution in [0.3, 0.4) is 0 Å². The second-order valence-electron chi connectivity index (χ2n) is 7.12. The van der Waals surface area contributed by atoms with Gasteiger partial charge in [-0.3, -0.25) is 14.6 Å². The van der Waals surface area contributed by atoms with Crippen molar-refractivity contribution >= 4 is 45.4 Å². The summed E-state index contributed by atoms with van der Waals surface area (Å²) in [5, 5.41) is 2.78. The van der Waals surface area contributed by atoms with E-state index >= 15 is 0 Å². The van der Waals surface area contributed by atoms with Crippen LogP contribution < -0.4 is 11.1 Å². The Hall–Kier alpha value is -3.27. The van der Waals surface area contributed by atoms with Crippen LogP contribution in [0.4, 0.5) is 0 Å². The number of nitrogens with two attached hydrogens (primary N) is 1. The highest BCUT2D eigenvalue weighted by atomic mass is 127. The predicted octanol–water partition coefficient (Wildman–Crippen LogP) is 4.08.